The normalized spacial score (nSPS) is 26.8. The average Bonchev–Trinajstić information content (AvgIpc) is 3.51. The first-order chi connectivity index (χ1) is 23.3. The lowest BCUT2D eigenvalue weighted by molar-refractivity contribution is -0.151. The quantitative estimate of drug-likeness (QED) is 0.269. The Labute approximate surface area is 286 Å². The molecule has 1 unspecified atom stereocenters. The third kappa shape index (κ3) is 7.80. The van der Waals surface area contributed by atoms with Gasteiger partial charge >= 0.3 is 12.1 Å². The second-order valence-corrected chi connectivity index (χ2v) is 13.7. The van der Waals surface area contributed by atoms with E-state index in [1.807, 2.05) is 24.3 Å². The third-order valence-electron chi connectivity index (χ3n) is 9.82. The van der Waals surface area contributed by atoms with Crippen LogP contribution in [0.2, 0.25) is 5.02 Å². The summed E-state index contributed by atoms with van der Waals surface area (Å²) in [4.78, 5) is 56.5. The molecule has 2 N–H and O–H groups in total. The van der Waals surface area contributed by atoms with Crippen LogP contribution in [0.25, 0.3) is 0 Å². The van der Waals surface area contributed by atoms with E-state index in [4.69, 9.17) is 25.8 Å². The molecule has 2 aliphatic carbocycles. The van der Waals surface area contributed by atoms with E-state index in [2.05, 4.69) is 16.7 Å². The van der Waals surface area contributed by atoms with Gasteiger partial charge in [-0.1, -0.05) is 48.7 Å². The highest BCUT2D eigenvalue weighted by molar-refractivity contribution is 6.30. The summed E-state index contributed by atoms with van der Waals surface area (Å²) in [6.45, 7) is 2.08. The number of halogens is 1. The van der Waals surface area contributed by atoms with E-state index in [0.717, 1.165) is 62.5 Å². The van der Waals surface area contributed by atoms with E-state index in [-0.39, 0.29) is 37.5 Å². The van der Waals surface area contributed by atoms with Crippen LogP contribution < -0.4 is 15.4 Å². The van der Waals surface area contributed by atoms with Gasteiger partial charge < -0.3 is 29.7 Å². The Morgan fingerprint density at radius 2 is 1.79 bits per heavy atom. The zero-order valence-corrected chi connectivity index (χ0v) is 28.1. The van der Waals surface area contributed by atoms with Crippen LogP contribution in [0, 0.1) is 5.92 Å². The van der Waals surface area contributed by atoms with Crippen molar-refractivity contribution in [1.82, 2.24) is 15.5 Å². The van der Waals surface area contributed by atoms with Gasteiger partial charge in [-0.2, -0.15) is 0 Å². The van der Waals surface area contributed by atoms with Crippen LogP contribution in [0.1, 0.15) is 82.3 Å². The van der Waals surface area contributed by atoms with Crippen molar-refractivity contribution in [3.63, 3.8) is 0 Å². The van der Waals surface area contributed by atoms with Crippen LogP contribution in [-0.4, -0.2) is 59.1 Å². The number of alkyl carbamates (subject to hydrolysis) is 1. The summed E-state index contributed by atoms with van der Waals surface area (Å²) in [6.07, 6.45) is 11.3. The summed E-state index contributed by atoms with van der Waals surface area (Å²) < 4.78 is 17.2. The molecule has 3 amide bonds. The number of ether oxygens (including phenoxy) is 3. The Balaban J connectivity index is 1.30. The minimum atomic E-state index is -1.18. The smallest absolute Gasteiger partial charge is 0.408 e. The summed E-state index contributed by atoms with van der Waals surface area (Å²) in [5, 5.41) is 6.42. The summed E-state index contributed by atoms with van der Waals surface area (Å²) in [5.74, 6) is -0.321. The molecule has 11 heteroatoms. The van der Waals surface area contributed by atoms with Crippen LogP contribution in [0.15, 0.2) is 54.6 Å². The Morgan fingerprint density at radius 1 is 1.00 bits per heavy atom. The van der Waals surface area contributed by atoms with E-state index in [9.17, 15) is 19.2 Å². The van der Waals surface area contributed by atoms with E-state index in [1.54, 1.807) is 36.1 Å². The maximum absolute atomic E-state index is 14.4. The molecule has 4 aliphatic rings. The zero-order valence-electron chi connectivity index (χ0n) is 27.4. The van der Waals surface area contributed by atoms with Gasteiger partial charge in [0.25, 0.3) is 0 Å². The van der Waals surface area contributed by atoms with Gasteiger partial charge in [0.1, 0.15) is 35.2 Å². The monoisotopic (exact) mass is 677 g/mol. The van der Waals surface area contributed by atoms with Crippen molar-refractivity contribution >= 4 is 35.5 Å². The van der Waals surface area contributed by atoms with Crippen LogP contribution in [0.4, 0.5) is 4.79 Å². The third-order valence-corrected chi connectivity index (χ3v) is 10.1. The Bertz CT molecular complexity index is 1560. The predicted molar refractivity (Wildman–Crippen MR) is 180 cm³/mol. The lowest BCUT2D eigenvalue weighted by atomic mass is 9.91. The van der Waals surface area contributed by atoms with Gasteiger partial charge in [0.15, 0.2) is 0 Å². The van der Waals surface area contributed by atoms with E-state index >= 15 is 0 Å². The molecule has 0 bridgehead atoms. The fourth-order valence-electron chi connectivity index (χ4n) is 7.11. The number of rotatable bonds is 6. The van der Waals surface area contributed by atoms with Crippen molar-refractivity contribution in [2.75, 3.05) is 6.61 Å². The number of amides is 3. The summed E-state index contributed by atoms with van der Waals surface area (Å²) in [6, 6.07) is 10.9. The summed E-state index contributed by atoms with van der Waals surface area (Å²) in [7, 11) is 0. The van der Waals surface area contributed by atoms with E-state index in [0.29, 0.717) is 29.4 Å². The highest BCUT2D eigenvalue weighted by Crippen LogP contribution is 2.46. The molecular weight excluding hydrogens is 634 g/mol. The van der Waals surface area contributed by atoms with Crippen LogP contribution in [0.5, 0.6) is 11.5 Å². The molecule has 2 aliphatic heterocycles. The van der Waals surface area contributed by atoms with Crippen molar-refractivity contribution in [2.45, 2.75) is 108 Å². The molecule has 0 saturated heterocycles. The lowest BCUT2D eigenvalue weighted by Gasteiger charge is -2.38. The van der Waals surface area contributed by atoms with Crippen molar-refractivity contribution < 1.29 is 33.4 Å². The van der Waals surface area contributed by atoms with E-state index in [1.165, 1.54) is 0 Å². The first-order valence-corrected chi connectivity index (χ1v) is 17.6. The molecule has 4 atom stereocenters. The number of carbonyl (C=O) groups excluding carboxylic acids is 4. The maximum Gasteiger partial charge on any atom is 0.408 e. The Kier molecular flexibility index (Phi) is 10.6. The van der Waals surface area contributed by atoms with Gasteiger partial charge in [0.2, 0.25) is 11.8 Å². The van der Waals surface area contributed by atoms with Crippen LogP contribution >= 0.6 is 11.6 Å². The minimum absolute atomic E-state index is 0.148. The highest BCUT2D eigenvalue weighted by atomic mass is 35.5. The van der Waals surface area contributed by atoms with Gasteiger partial charge in [0, 0.05) is 23.9 Å². The molecule has 256 valence electrons. The SMILES string of the molecule is CCOC(=O)[C@@]12C[C@H]1/C=C\CCCCC[C@H](NC(=O)OC1CCCC1)C(=O)N1Cc3ccc(Oc4cccc(Cl)c4)cc3CC1C(=O)N2. The average molecular weight is 678 g/mol. The van der Waals surface area contributed by atoms with Gasteiger partial charge in [-0.05, 0) is 99.7 Å². The Morgan fingerprint density at radius 3 is 2.58 bits per heavy atom. The highest BCUT2D eigenvalue weighted by Gasteiger charge is 2.62. The van der Waals surface area contributed by atoms with Gasteiger partial charge in [-0.25, -0.2) is 9.59 Å². The van der Waals surface area contributed by atoms with Crippen molar-refractivity contribution in [3.8, 4) is 11.5 Å². The number of benzene rings is 2. The van der Waals surface area contributed by atoms with Gasteiger partial charge in [-0.15, -0.1) is 0 Å². The first-order valence-electron chi connectivity index (χ1n) is 17.2. The van der Waals surface area contributed by atoms with Crippen molar-refractivity contribution in [3.05, 3.63) is 70.8 Å². The molecule has 6 rings (SSSR count). The fraction of sp³-hybridized carbons (Fsp3) is 0.514. The van der Waals surface area contributed by atoms with Crippen molar-refractivity contribution in [1.29, 1.82) is 0 Å². The number of carbonyl (C=O) groups is 4. The molecule has 2 saturated carbocycles. The molecular formula is C37H44ClN3O7. The molecule has 2 heterocycles. The number of nitrogens with zero attached hydrogens (tertiary/aromatic N) is 1. The first kappa shape index (κ1) is 33.8. The summed E-state index contributed by atoms with van der Waals surface area (Å²) in [5.41, 5.74) is 0.529. The number of nitrogens with one attached hydrogen (secondary N) is 2. The Hall–Kier alpha value is -4.05. The number of allylic oxidation sites excluding steroid dienone is 1. The van der Waals surface area contributed by atoms with Gasteiger partial charge in [-0.3, -0.25) is 9.59 Å². The minimum Gasteiger partial charge on any atom is -0.464 e. The number of esters is 1. The molecule has 0 aromatic heterocycles. The van der Waals surface area contributed by atoms with E-state index < -0.39 is 35.6 Å². The molecule has 2 fully saturated rings. The maximum atomic E-state index is 14.4. The number of hydrogen-bond acceptors (Lipinski definition) is 7. The topological polar surface area (TPSA) is 123 Å². The molecule has 0 spiro atoms. The number of hydrogen-bond donors (Lipinski definition) is 2. The second-order valence-electron chi connectivity index (χ2n) is 13.2. The van der Waals surface area contributed by atoms with Gasteiger partial charge in [0.05, 0.1) is 6.61 Å². The predicted octanol–water partition coefficient (Wildman–Crippen LogP) is 6.38. The second kappa shape index (κ2) is 15.0. The molecule has 2 aromatic rings. The standard InChI is InChI=1S/C37H44ClN3O7/c1-2-46-35(44)37-22-26(37)11-6-4-3-5-7-16-31(39-36(45)48-28-13-8-9-14-28)34(43)41-23-24-17-18-30(47-29-15-10-12-27(38)21-29)19-25(24)20-32(41)33(42)40-37/h6,10-12,15,17-19,21,26,28,31-32H,2-5,7-9,13-14,16,20,22-23H2,1H3,(H,39,45)(H,40,42)/b11-6-/t26-,31+,32?,37-/m1/s1. The number of fused-ring (bicyclic) bond motifs is 3. The van der Waals surface area contributed by atoms with Crippen molar-refractivity contribution in [2.24, 2.45) is 5.92 Å². The zero-order chi connectivity index (χ0) is 33.7. The lowest BCUT2D eigenvalue weighted by Crippen LogP contribution is -2.60. The molecule has 2 aromatic carbocycles. The van der Waals surface area contributed by atoms with Crippen LogP contribution in [-0.2, 0) is 36.8 Å². The van der Waals surface area contributed by atoms with Crippen LogP contribution in [0.3, 0.4) is 0 Å². The largest absolute Gasteiger partial charge is 0.464 e. The molecule has 48 heavy (non-hydrogen) atoms. The fourth-order valence-corrected chi connectivity index (χ4v) is 7.29. The summed E-state index contributed by atoms with van der Waals surface area (Å²) >= 11 is 6.16. The molecule has 0 radical (unpaired) electrons. The molecule has 10 nitrogen and oxygen atoms in total.